The Morgan fingerprint density at radius 1 is 0.358 bits per heavy atom. The zero-order valence-electron chi connectivity index (χ0n) is 50.3. The van der Waals surface area contributed by atoms with Crippen LogP contribution in [0.5, 0.6) is 0 Å². The normalized spacial score (nSPS) is 49.3. The van der Waals surface area contributed by atoms with Crippen molar-refractivity contribution in [1.29, 1.82) is 0 Å². The third-order valence-corrected chi connectivity index (χ3v) is 29.0. The highest BCUT2D eigenvalue weighted by molar-refractivity contribution is 5.99. The zero-order valence-corrected chi connectivity index (χ0v) is 50.3. The van der Waals surface area contributed by atoms with Crippen LogP contribution < -0.4 is 0 Å². The summed E-state index contributed by atoms with van der Waals surface area (Å²) in [5.41, 5.74) is 23.9. The maximum Gasteiger partial charge on any atom is 0.309 e. The van der Waals surface area contributed by atoms with E-state index in [0.717, 1.165) is 63.7 Å². The highest BCUT2D eigenvalue weighted by Gasteiger charge is 2.99. The van der Waals surface area contributed by atoms with Crippen LogP contribution in [0.2, 0.25) is 0 Å². The molecule has 10 fully saturated rings. The van der Waals surface area contributed by atoms with E-state index in [1.165, 1.54) is 116 Å². The summed E-state index contributed by atoms with van der Waals surface area (Å²) in [4.78, 5) is 41.8. The number of carbonyl (C=O) groups is 2. The second-order valence-corrected chi connectivity index (χ2v) is 33.8. The Kier molecular flexibility index (Phi) is 8.50. The molecule has 5 saturated carbocycles. The molecule has 2 spiro atoms. The SMILES string of the molecule is CC1CCN(C23C4=C5C6(N7CCC(C)CC7)C7=C2C2CCC7C7CCC8C(=C76)[C@@]67O[C@@]56C5=C4C4(N6CCC(C(=O)OC(C)(C)C)CC6)C6=C3C2CCC6C2CCC3C(=C24)C5(N2CCC(C(=O)OC(C)(C)C)CC2)C2=C7C8CCC23)CC1. The van der Waals surface area contributed by atoms with Crippen LogP contribution in [-0.4, -0.2) is 128 Å². The van der Waals surface area contributed by atoms with Crippen LogP contribution in [0, 0.1) is 82.9 Å². The summed E-state index contributed by atoms with van der Waals surface area (Å²) in [7, 11) is 0. The smallest absolute Gasteiger partial charge is 0.309 e. The van der Waals surface area contributed by atoms with Gasteiger partial charge in [0, 0.05) is 37.3 Å². The molecule has 14 unspecified atom stereocenters. The monoisotopic (exact) mass is 1090 g/mol. The average molecular weight is 1090 g/mol. The topological polar surface area (TPSA) is 78.1 Å². The molecule has 9 heteroatoms. The molecule has 81 heavy (non-hydrogen) atoms. The first kappa shape index (κ1) is 48.1. The molecule has 16 aliphatic carbocycles. The molecule has 16 atom stereocenters. The highest BCUT2D eigenvalue weighted by Crippen LogP contribution is 2.96. The summed E-state index contributed by atoms with van der Waals surface area (Å²) in [6.07, 6.45) is 22.1. The molecule has 5 heterocycles. The van der Waals surface area contributed by atoms with E-state index in [0.29, 0.717) is 59.2 Å². The van der Waals surface area contributed by atoms with Crippen molar-refractivity contribution in [2.24, 2.45) is 82.9 Å². The van der Waals surface area contributed by atoms with Crippen molar-refractivity contribution in [2.75, 3.05) is 52.4 Å². The fourth-order valence-electron chi connectivity index (χ4n) is 27.5. The van der Waals surface area contributed by atoms with Gasteiger partial charge in [0.25, 0.3) is 0 Å². The molecule has 428 valence electrons. The number of rotatable bonds is 6. The largest absolute Gasteiger partial charge is 0.460 e. The summed E-state index contributed by atoms with van der Waals surface area (Å²) in [6, 6.07) is 0. The molecule has 0 aromatic heterocycles. The van der Waals surface area contributed by atoms with Gasteiger partial charge in [-0.2, -0.15) is 0 Å². The fourth-order valence-corrected chi connectivity index (χ4v) is 27.5. The summed E-state index contributed by atoms with van der Waals surface area (Å²) in [6.45, 7) is 26.1. The van der Waals surface area contributed by atoms with Crippen molar-refractivity contribution >= 4 is 11.9 Å². The molecule has 0 aromatic rings. The van der Waals surface area contributed by atoms with E-state index in [1.54, 1.807) is 5.57 Å². The van der Waals surface area contributed by atoms with Gasteiger partial charge in [-0.15, -0.1) is 0 Å². The van der Waals surface area contributed by atoms with Gasteiger partial charge in [-0.05, 0) is 321 Å². The fraction of sp³-hybridized carbons (Fsp3) is 0.778. The Balaban J connectivity index is 0.931. The molecular weight excluding hydrogens is 1000 g/mol. The first-order chi connectivity index (χ1) is 39.0. The molecule has 9 nitrogen and oxygen atoms in total. The van der Waals surface area contributed by atoms with Crippen molar-refractivity contribution in [3.8, 4) is 0 Å². The second-order valence-electron chi connectivity index (χ2n) is 33.8. The van der Waals surface area contributed by atoms with Gasteiger partial charge in [0.2, 0.25) is 0 Å². The Morgan fingerprint density at radius 2 is 0.605 bits per heavy atom. The van der Waals surface area contributed by atoms with Crippen LogP contribution in [0.1, 0.15) is 171 Å². The van der Waals surface area contributed by atoms with E-state index in [4.69, 9.17) is 14.2 Å². The maximum absolute atomic E-state index is 14.4. The number of nitrogens with zero attached hydrogens (tertiary/aromatic N) is 4. The molecule has 0 bridgehead atoms. The number of hydrogen-bond donors (Lipinski definition) is 0. The van der Waals surface area contributed by atoms with Crippen LogP contribution >= 0.6 is 0 Å². The lowest BCUT2D eigenvalue weighted by molar-refractivity contribution is -0.163. The molecule has 5 aliphatic heterocycles. The van der Waals surface area contributed by atoms with Crippen molar-refractivity contribution in [2.45, 2.75) is 216 Å². The van der Waals surface area contributed by atoms with E-state index < -0.39 is 16.8 Å². The molecular formula is C72H90N4O5. The van der Waals surface area contributed by atoms with Crippen LogP contribution in [0.25, 0.3) is 0 Å². The maximum atomic E-state index is 14.4. The molecule has 0 N–H and O–H groups in total. The number of carbonyl (C=O) groups excluding carboxylic acids is 2. The minimum atomic E-state index is -0.499. The standard InChI is InChI=1S/C72H90N4O5/c1-35-19-27-73(28-20-35)67-49-39-9-10-40-42-12-14-44-46-16-18-48-47-17-15-45-43-13-11-41(39)51(67)53(43)69(75-29-21-36(2)22-30-75)55(45)57(47)71-58(48)56(46)70(76-33-25-38(26-34-76)64(78)80-66(6,7)8)54(44)52(42)68(50(40)49,60-59(67)61(69)72(71,81-71)62(60)70)74-31-23-37(24-32-74)63(77)79-65(3,4)5/h35-48H,9-34H2,1-8H3/t39?,40?,41?,42?,43?,44?,45?,46?,47?,48?,67?,68?,69?,70?,71-,72+/m0/s1. The highest BCUT2D eigenvalue weighted by atomic mass is 16.6. The van der Waals surface area contributed by atoms with E-state index in [9.17, 15) is 9.59 Å². The van der Waals surface area contributed by atoms with Gasteiger partial charge in [-0.1, -0.05) is 13.8 Å². The van der Waals surface area contributed by atoms with Crippen LogP contribution in [0.15, 0.2) is 78.0 Å². The molecule has 5 saturated heterocycles. The van der Waals surface area contributed by atoms with Crippen molar-refractivity contribution in [3.63, 3.8) is 0 Å². The average Bonchev–Trinajstić information content (AvgIpc) is 1.42. The van der Waals surface area contributed by atoms with Crippen LogP contribution in [0.3, 0.4) is 0 Å². The Morgan fingerprint density at radius 3 is 0.901 bits per heavy atom. The lowest BCUT2D eigenvalue weighted by Crippen LogP contribution is -2.68. The van der Waals surface area contributed by atoms with Gasteiger partial charge in [0.1, 0.15) is 11.2 Å². The van der Waals surface area contributed by atoms with E-state index >= 15 is 0 Å². The van der Waals surface area contributed by atoms with Gasteiger partial charge in [-0.3, -0.25) is 29.2 Å². The summed E-state index contributed by atoms with van der Waals surface area (Å²) in [5.74, 6) is 7.23. The van der Waals surface area contributed by atoms with Crippen molar-refractivity contribution in [3.05, 3.63) is 78.0 Å². The van der Waals surface area contributed by atoms with E-state index in [1.807, 2.05) is 72.5 Å². The lowest BCUT2D eigenvalue weighted by Gasteiger charge is -2.64. The minimum absolute atomic E-state index is 0.0233. The Labute approximate surface area is 481 Å². The number of ether oxygens (including phenoxy) is 3. The van der Waals surface area contributed by atoms with E-state index in [2.05, 4.69) is 75.0 Å². The predicted octanol–water partition coefficient (Wildman–Crippen LogP) is 11.4. The van der Waals surface area contributed by atoms with Crippen LogP contribution in [-0.2, 0) is 23.8 Å². The van der Waals surface area contributed by atoms with Crippen molar-refractivity contribution in [1.82, 2.24) is 19.6 Å². The third kappa shape index (κ3) is 4.64. The lowest BCUT2D eigenvalue weighted by atomic mass is 9.50. The Bertz CT molecular complexity index is 3360. The first-order valence-electron chi connectivity index (χ1n) is 34.4. The number of fused-ring (bicyclic) bond motifs is 5. The Hall–Kier alpha value is -3.08. The number of hydrogen-bond acceptors (Lipinski definition) is 9. The van der Waals surface area contributed by atoms with Crippen LogP contribution in [0.4, 0.5) is 0 Å². The summed E-state index contributed by atoms with van der Waals surface area (Å²) >= 11 is 0. The second kappa shape index (κ2) is 14.3. The minimum Gasteiger partial charge on any atom is -0.460 e. The first-order valence-corrected chi connectivity index (χ1v) is 34.4. The zero-order chi connectivity index (χ0) is 54.1. The summed E-state index contributed by atoms with van der Waals surface area (Å²) in [5, 5.41) is 0. The third-order valence-electron chi connectivity index (χ3n) is 29.0. The number of likely N-dealkylation sites (tertiary alicyclic amines) is 4. The van der Waals surface area contributed by atoms with Crippen molar-refractivity contribution < 1.29 is 23.8 Å². The molecule has 0 radical (unpaired) electrons. The van der Waals surface area contributed by atoms with Gasteiger partial charge >= 0.3 is 11.9 Å². The number of epoxide rings is 1. The number of esters is 2. The van der Waals surface area contributed by atoms with Gasteiger partial charge < -0.3 is 14.2 Å². The molecule has 21 rings (SSSR count). The van der Waals surface area contributed by atoms with Gasteiger partial charge in [0.05, 0.1) is 34.0 Å². The van der Waals surface area contributed by atoms with E-state index in [-0.39, 0.29) is 51.5 Å². The summed E-state index contributed by atoms with van der Waals surface area (Å²) < 4.78 is 21.7. The van der Waals surface area contributed by atoms with Gasteiger partial charge in [0.15, 0.2) is 11.2 Å². The molecule has 0 aromatic carbocycles. The van der Waals surface area contributed by atoms with Gasteiger partial charge in [-0.25, -0.2) is 0 Å². The molecule has 0 amide bonds. The predicted molar refractivity (Wildman–Crippen MR) is 308 cm³/mol. The quantitative estimate of drug-likeness (QED) is 0.147. The number of piperidine rings is 4. The molecule has 21 aliphatic rings.